The van der Waals surface area contributed by atoms with Gasteiger partial charge in [-0.05, 0) is 39.7 Å². The zero-order valence-corrected chi connectivity index (χ0v) is 18.4. The van der Waals surface area contributed by atoms with Gasteiger partial charge in [0.15, 0.2) is 0 Å². The molecule has 0 bridgehead atoms. The van der Waals surface area contributed by atoms with E-state index in [0.717, 1.165) is 0 Å². The lowest BCUT2D eigenvalue weighted by Gasteiger charge is -2.31. The summed E-state index contributed by atoms with van der Waals surface area (Å²) in [4.78, 5) is 48.3. The molecule has 0 spiro atoms. The van der Waals surface area contributed by atoms with Crippen LogP contribution in [0.15, 0.2) is 36.4 Å². The van der Waals surface area contributed by atoms with Gasteiger partial charge in [0, 0.05) is 24.7 Å². The third-order valence-electron chi connectivity index (χ3n) is 5.23. The Morgan fingerprint density at radius 2 is 1.75 bits per heavy atom. The van der Waals surface area contributed by atoms with Gasteiger partial charge in [-0.25, -0.2) is 9.59 Å². The fraction of sp³-hybridized carbons (Fsp3) is 0.500. The van der Waals surface area contributed by atoms with Crippen molar-refractivity contribution in [3.05, 3.63) is 52.1 Å². The Balaban J connectivity index is 1.79. The van der Waals surface area contributed by atoms with Gasteiger partial charge in [-0.2, -0.15) is 0 Å². The topological polar surface area (TPSA) is 125 Å². The van der Waals surface area contributed by atoms with Crippen LogP contribution in [0, 0.1) is 16.0 Å². The quantitative estimate of drug-likeness (QED) is 0.195. The number of piperidine rings is 1. The summed E-state index contributed by atoms with van der Waals surface area (Å²) < 4.78 is 15.8. The van der Waals surface area contributed by atoms with Crippen LogP contribution in [0.25, 0.3) is 0 Å². The molecule has 1 fully saturated rings. The minimum atomic E-state index is -0.629. The molecule has 1 amide bonds. The fourth-order valence-electron chi connectivity index (χ4n) is 3.08. The summed E-state index contributed by atoms with van der Waals surface area (Å²) in [7, 11) is 0. The van der Waals surface area contributed by atoms with Gasteiger partial charge in [0.2, 0.25) is 0 Å². The van der Waals surface area contributed by atoms with Gasteiger partial charge >= 0.3 is 18.0 Å². The van der Waals surface area contributed by atoms with E-state index in [4.69, 9.17) is 14.2 Å². The number of hydrogen-bond acceptors (Lipinski definition) is 8. The average molecular weight is 448 g/mol. The van der Waals surface area contributed by atoms with E-state index in [1.54, 1.807) is 26.0 Å². The molecule has 1 aromatic carbocycles. The van der Waals surface area contributed by atoms with Crippen molar-refractivity contribution < 1.29 is 33.5 Å². The second-order valence-corrected chi connectivity index (χ2v) is 7.73. The molecule has 10 nitrogen and oxygen atoms in total. The number of nitro benzene ring substituents is 1. The van der Waals surface area contributed by atoms with Gasteiger partial charge in [-0.1, -0.05) is 18.7 Å². The largest absolute Gasteiger partial charge is 0.459 e. The molecule has 1 aliphatic rings. The Kier molecular flexibility index (Phi) is 8.74. The number of amides is 1. The highest BCUT2D eigenvalue weighted by Crippen LogP contribution is 2.22. The molecule has 0 aliphatic carbocycles. The van der Waals surface area contributed by atoms with Crippen molar-refractivity contribution in [2.24, 2.45) is 5.92 Å². The summed E-state index contributed by atoms with van der Waals surface area (Å²) in [6.45, 7) is 8.70. The number of rotatable bonds is 8. The van der Waals surface area contributed by atoms with Gasteiger partial charge in [0.25, 0.3) is 5.69 Å². The molecular formula is C22H28N2O8. The highest BCUT2D eigenvalue weighted by Gasteiger charge is 2.31. The first-order valence-corrected chi connectivity index (χ1v) is 10.3. The van der Waals surface area contributed by atoms with E-state index in [9.17, 15) is 24.5 Å². The molecule has 32 heavy (non-hydrogen) atoms. The van der Waals surface area contributed by atoms with Crippen LogP contribution in [0.5, 0.6) is 0 Å². The van der Waals surface area contributed by atoms with Gasteiger partial charge in [0.05, 0.1) is 16.4 Å². The molecule has 1 saturated heterocycles. The van der Waals surface area contributed by atoms with Crippen LogP contribution in [-0.2, 0) is 30.4 Å². The number of ether oxygens (including phenoxy) is 3. The Hall–Kier alpha value is -3.43. The maximum absolute atomic E-state index is 12.4. The van der Waals surface area contributed by atoms with Crippen LogP contribution in [-0.4, -0.2) is 53.2 Å². The van der Waals surface area contributed by atoms with E-state index in [-0.39, 0.29) is 23.8 Å². The minimum absolute atomic E-state index is 0.112. The van der Waals surface area contributed by atoms with Crippen LogP contribution in [0.4, 0.5) is 10.5 Å². The lowest BCUT2D eigenvalue weighted by Crippen LogP contribution is -2.42. The van der Waals surface area contributed by atoms with Crippen molar-refractivity contribution >= 4 is 23.7 Å². The number of esters is 2. The molecule has 0 aromatic heterocycles. The Morgan fingerprint density at radius 3 is 2.34 bits per heavy atom. The van der Waals surface area contributed by atoms with Gasteiger partial charge in [0.1, 0.15) is 18.8 Å². The molecule has 0 saturated carbocycles. The zero-order valence-electron chi connectivity index (χ0n) is 18.4. The van der Waals surface area contributed by atoms with Crippen molar-refractivity contribution in [2.75, 3.05) is 13.1 Å². The normalized spacial score (nSPS) is 15.9. The third kappa shape index (κ3) is 6.79. The highest BCUT2D eigenvalue weighted by atomic mass is 16.6. The summed E-state index contributed by atoms with van der Waals surface area (Å²) >= 11 is 0. The summed E-state index contributed by atoms with van der Waals surface area (Å²) in [6.07, 6.45) is -1.06. The van der Waals surface area contributed by atoms with Crippen molar-refractivity contribution in [3.63, 3.8) is 0 Å². The second-order valence-electron chi connectivity index (χ2n) is 7.73. The molecule has 1 aromatic rings. The number of nitro groups is 1. The molecule has 0 N–H and O–H groups in total. The van der Waals surface area contributed by atoms with E-state index in [1.807, 2.05) is 0 Å². The van der Waals surface area contributed by atoms with Crippen molar-refractivity contribution in [1.82, 2.24) is 4.90 Å². The van der Waals surface area contributed by atoms with Crippen LogP contribution in [0.3, 0.4) is 0 Å². The Bertz CT molecular complexity index is 876. The van der Waals surface area contributed by atoms with Crippen LogP contribution >= 0.6 is 0 Å². The minimum Gasteiger partial charge on any atom is -0.459 e. The van der Waals surface area contributed by atoms with Gasteiger partial charge < -0.3 is 19.1 Å². The smallest absolute Gasteiger partial charge is 0.410 e. The monoisotopic (exact) mass is 448 g/mol. The number of hydrogen-bond donors (Lipinski definition) is 0. The summed E-state index contributed by atoms with van der Waals surface area (Å²) in [5.74, 6) is -1.35. The summed E-state index contributed by atoms with van der Waals surface area (Å²) in [6, 6.07) is 6.05. The highest BCUT2D eigenvalue weighted by molar-refractivity contribution is 5.87. The first-order chi connectivity index (χ1) is 15.1. The molecule has 2 atom stereocenters. The first kappa shape index (κ1) is 24.8. The molecular weight excluding hydrogens is 420 g/mol. The SMILES string of the molecule is C=C(C)C(=O)OC(C)C(C)OC(=O)C1CCN(C(=O)OCc2ccccc2[N+](=O)[O-])CC1. The van der Waals surface area contributed by atoms with Crippen molar-refractivity contribution in [3.8, 4) is 0 Å². The molecule has 0 radical (unpaired) electrons. The van der Waals surface area contributed by atoms with Crippen LogP contribution in [0.2, 0.25) is 0 Å². The van der Waals surface area contributed by atoms with E-state index in [2.05, 4.69) is 6.58 Å². The third-order valence-corrected chi connectivity index (χ3v) is 5.23. The number of likely N-dealkylation sites (tertiary alicyclic amines) is 1. The van der Waals surface area contributed by atoms with Crippen molar-refractivity contribution in [2.45, 2.75) is 52.4 Å². The predicted octanol–water partition coefficient (Wildman–Crippen LogP) is 3.38. The van der Waals surface area contributed by atoms with E-state index >= 15 is 0 Å². The van der Waals surface area contributed by atoms with E-state index in [0.29, 0.717) is 31.5 Å². The average Bonchev–Trinajstić information content (AvgIpc) is 2.77. The Morgan fingerprint density at radius 1 is 1.16 bits per heavy atom. The van der Waals surface area contributed by atoms with E-state index in [1.165, 1.54) is 24.0 Å². The number of benzene rings is 1. The zero-order chi connectivity index (χ0) is 23.8. The number of nitrogens with zero attached hydrogens (tertiary/aromatic N) is 2. The maximum atomic E-state index is 12.4. The summed E-state index contributed by atoms with van der Waals surface area (Å²) in [5.41, 5.74) is 0.454. The van der Waals surface area contributed by atoms with Gasteiger partial charge in [-0.15, -0.1) is 0 Å². The van der Waals surface area contributed by atoms with Gasteiger partial charge in [-0.3, -0.25) is 14.9 Å². The lowest BCUT2D eigenvalue weighted by molar-refractivity contribution is -0.385. The first-order valence-electron chi connectivity index (χ1n) is 10.3. The molecule has 2 unspecified atom stereocenters. The van der Waals surface area contributed by atoms with Crippen molar-refractivity contribution in [1.29, 1.82) is 0 Å². The molecule has 2 rings (SSSR count). The summed E-state index contributed by atoms with van der Waals surface area (Å²) in [5, 5.41) is 11.1. The molecule has 1 aliphatic heterocycles. The molecule has 174 valence electrons. The van der Waals surface area contributed by atoms with E-state index < -0.39 is 35.2 Å². The number of carbonyl (C=O) groups excluding carboxylic acids is 3. The lowest BCUT2D eigenvalue weighted by atomic mass is 9.97. The van der Waals surface area contributed by atoms with Crippen LogP contribution in [0.1, 0.15) is 39.2 Å². The Labute approximate surface area is 186 Å². The van der Waals surface area contributed by atoms with Crippen LogP contribution < -0.4 is 0 Å². The molecule has 10 heteroatoms. The standard InChI is InChI=1S/C22H28N2O8/c1-14(2)20(25)31-15(3)16(4)32-21(26)17-9-11-23(12-10-17)22(27)30-13-18-7-5-6-8-19(18)24(28)29/h5-8,15-17H,1,9-13H2,2-4H3. The number of para-hydroxylation sites is 1. The number of carbonyl (C=O) groups is 3. The molecule has 1 heterocycles. The maximum Gasteiger partial charge on any atom is 0.410 e. The second kappa shape index (κ2) is 11.3. The predicted molar refractivity (Wildman–Crippen MR) is 114 cm³/mol. The fourth-order valence-corrected chi connectivity index (χ4v) is 3.08.